The fraction of sp³-hybridized carbons (Fsp3) is 0.500. The number of nitrogens with two attached hydrogens (primary N) is 1. The van der Waals surface area contributed by atoms with Crippen molar-refractivity contribution in [3.8, 4) is 11.5 Å². The number of rotatable bonds is 5. The van der Waals surface area contributed by atoms with Crippen molar-refractivity contribution < 1.29 is 14.3 Å². The van der Waals surface area contributed by atoms with Crippen LogP contribution in [-0.2, 0) is 11.3 Å². The van der Waals surface area contributed by atoms with E-state index in [4.69, 9.17) is 15.2 Å². The molecular weight excluding hydrogens is 244 g/mol. The molecule has 0 spiro atoms. The molecule has 3 N–H and O–H groups in total. The van der Waals surface area contributed by atoms with E-state index in [0.29, 0.717) is 6.54 Å². The first-order valence-corrected chi connectivity index (χ1v) is 6.53. The second kappa shape index (κ2) is 5.93. The molecule has 1 aliphatic heterocycles. The summed E-state index contributed by atoms with van der Waals surface area (Å²) >= 11 is 0. The summed E-state index contributed by atoms with van der Waals surface area (Å²) in [6.45, 7) is 4.70. The Kier molecular flexibility index (Phi) is 4.27. The van der Waals surface area contributed by atoms with E-state index in [0.717, 1.165) is 23.5 Å². The summed E-state index contributed by atoms with van der Waals surface area (Å²) < 4.78 is 10.5. The third kappa shape index (κ3) is 3.17. The lowest BCUT2D eigenvalue weighted by Crippen LogP contribution is -2.44. The maximum atomic E-state index is 11.9. The summed E-state index contributed by atoms with van der Waals surface area (Å²) in [6, 6.07) is 5.16. The molecule has 0 fully saturated rings. The van der Waals surface area contributed by atoms with Crippen LogP contribution in [0.5, 0.6) is 11.5 Å². The molecule has 2 unspecified atom stereocenters. The smallest absolute Gasteiger partial charge is 0.237 e. The van der Waals surface area contributed by atoms with E-state index in [-0.39, 0.29) is 18.6 Å². The Morgan fingerprint density at radius 3 is 2.89 bits per heavy atom. The van der Waals surface area contributed by atoms with Gasteiger partial charge in [-0.1, -0.05) is 26.3 Å². The van der Waals surface area contributed by atoms with Gasteiger partial charge in [0.15, 0.2) is 11.5 Å². The van der Waals surface area contributed by atoms with E-state index in [2.05, 4.69) is 5.32 Å². The molecule has 0 radical (unpaired) electrons. The van der Waals surface area contributed by atoms with E-state index in [9.17, 15) is 4.79 Å². The first-order valence-electron chi connectivity index (χ1n) is 6.53. The minimum Gasteiger partial charge on any atom is -0.454 e. The minimum absolute atomic E-state index is 0.119. The molecule has 1 aromatic carbocycles. The van der Waals surface area contributed by atoms with Gasteiger partial charge in [-0.15, -0.1) is 0 Å². The first-order chi connectivity index (χ1) is 9.11. The van der Waals surface area contributed by atoms with Gasteiger partial charge in [0, 0.05) is 6.54 Å². The van der Waals surface area contributed by atoms with Gasteiger partial charge in [0.25, 0.3) is 0 Å². The van der Waals surface area contributed by atoms with Crippen LogP contribution in [0.15, 0.2) is 18.2 Å². The van der Waals surface area contributed by atoms with Crippen molar-refractivity contribution in [2.75, 3.05) is 6.79 Å². The monoisotopic (exact) mass is 264 g/mol. The van der Waals surface area contributed by atoms with Crippen molar-refractivity contribution in [1.82, 2.24) is 5.32 Å². The normalized spacial score (nSPS) is 15.9. The van der Waals surface area contributed by atoms with Crippen LogP contribution in [0.3, 0.4) is 0 Å². The quantitative estimate of drug-likeness (QED) is 0.843. The molecule has 19 heavy (non-hydrogen) atoms. The maximum absolute atomic E-state index is 11.9. The lowest BCUT2D eigenvalue weighted by atomic mass is 9.99. The largest absolute Gasteiger partial charge is 0.454 e. The highest BCUT2D eigenvalue weighted by atomic mass is 16.7. The fourth-order valence-electron chi connectivity index (χ4n) is 1.87. The molecule has 104 valence electrons. The molecule has 0 aromatic heterocycles. The third-order valence-electron chi connectivity index (χ3n) is 3.46. The Morgan fingerprint density at radius 1 is 1.42 bits per heavy atom. The summed E-state index contributed by atoms with van der Waals surface area (Å²) in [5.41, 5.74) is 6.84. The predicted octanol–water partition coefficient (Wildman–Crippen LogP) is 1.40. The number of ether oxygens (including phenoxy) is 2. The van der Waals surface area contributed by atoms with Crippen molar-refractivity contribution in [3.05, 3.63) is 23.8 Å². The molecule has 1 aliphatic rings. The number of fused-ring (bicyclic) bond motifs is 1. The Morgan fingerprint density at radius 2 is 2.16 bits per heavy atom. The zero-order chi connectivity index (χ0) is 13.8. The number of carbonyl (C=O) groups is 1. The van der Waals surface area contributed by atoms with Crippen LogP contribution < -0.4 is 20.5 Å². The maximum Gasteiger partial charge on any atom is 0.237 e. The fourth-order valence-corrected chi connectivity index (χ4v) is 1.87. The Labute approximate surface area is 113 Å². The van der Waals surface area contributed by atoms with Gasteiger partial charge in [-0.25, -0.2) is 0 Å². The van der Waals surface area contributed by atoms with Crippen molar-refractivity contribution in [2.45, 2.75) is 32.9 Å². The standard InChI is InChI=1S/C14H20N2O3/c1-3-9(2)13(15)14(17)16-7-10-4-5-11-12(6-10)19-8-18-11/h4-6,9,13H,3,7-8,15H2,1-2H3,(H,16,17). The van der Waals surface area contributed by atoms with Gasteiger partial charge < -0.3 is 20.5 Å². The van der Waals surface area contributed by atoms with E-state index < -0.39 is 6.04 Å². The minimum atomic E-state index is -0.459. The molecule has 1 heterocycles. The predicted molar refractivity (Wildman–Crippen MR) is 71.8 cm³/mol. The summed E-state index contributed by atoms with van der Waals surface area (Å²) in [5.74, 6) is 1.52. The number of nitrogens with one attached hydrogen (secondary N) is 1. The second-order valence-corrected chi connectivity index (χ2v) is 4.82. The summed E-state index contributed by atoms with van der Waals surface area (Å²) in [5, 5.41) is 2.84. The lowest BCUT2D eigenvalue weighted by Gasteiger charge is -2.17. The number of hydrogen-bond acceptors (Lipinski definition) is 4. The van der Waals surface area contributed by atoms with Gasteiger partial charge in [0.1, 0.15) is 0 Å². The first kappa shape index (κ1) is 13.7. The molecule has 5 nitrogen and oxygen atoms in total. The summed E-state index contributed by atoms with van der Waals surface area (Å²) in [4.78, 5) is 11.9. The topological polar surface area (TPSA) is 73.6 Å². The SMILES string of the molecule is CCC(C)C(N)C(=O)NCc1ccc2c(c1)OCO2. The van der Waals surface area contributed by atoms with Crippen LogP contribution in [0.1, 0.15) is 25.8 Å². The van der Waals surface area contributed by atoms with Gasteiger partial charge >= 0.3 is 0 Å². The molecule has 2 atom stereocenters. The van der Waals surface area contributed by atoms with E-state index in [1.165, 1.54) is 0 Å². The van der Waals surface area contributed by atoms with E-state index in [1.54, 1.807) is 0 Å². The van der Waals surface area contributed by atoms with E-state index in [1.807, 2.05) is 32.0 Å². The van der Waals surface area contributed by atoms with Crippen molar-refractivity contribution in [2.24, 2.45) is 11.7 Å². The summed E-state index contributed by atoms with van der Waals surface area (Å²) in [6.07, 6.45) is 0.888. The van der Waals surface area contributed by atoms with Crippen LogP contribution >= 0.6 is 0 Å². The number of hydrogen-bond donors (Lipinski definition) is 2. The molecule has 0 saturated heterocycles. The molecule has 1 amide bonds. The highest BCUT2D eigenvalue weighted by Crippen LogP contribution is 2.32. The number of amides is 1. The zero-order valence-corrected chi connectivity index (χ0v) is 11.3. The van der Waals surface area contributed by atoms with Crippen molar-refractivity contribution in [3.63, 3.8) is 0 Å². The molecular formula is C14H20N2O3. The Hall–Kier alpha value is -1.75. The van der Waals surface area contributed by atoms with Crippen molar-refractivity contribution in [1.29, 1.82) is 0 Å². The van der Waals surface area contributed by atoms with Gasteiger partial charge in [-0.05, 0) is 23.6 Å². The molecule has 1 aromatic rings. The number of benzene rings is 1. The lowest BCUT2D eigenvalue weighted by molar-refractivity contribution is -0.123. The van der Waals surface area contributed by atoms with Gasteiger partial charge in [0.2, 0.25) is 12.7 Å². The highest BCUT2D eigenvalue weighted by Gasteiger charge is 2.19. The van der Waals surface area contributed by atoms with E-state index >= 15 is 0 Å². The molecule has 2 rings (SSSR count). The van der Waals surface area contributed by atoms with Crippen LogP contribution in [0.25, 0.3) is 0 Å². The molecule has 0 saturated carbocycles. The highest BCUT2D eigenvalue weighted by molar-refractivity contribution is 5.81. The van der Waals surface area contributed by atoms with Crippen LogP contribution in [0.4, 0.5) is 0 Å². The molecule has 0 aliphatic carbocycles. The van der Waals surface area contributed by atoms with Crippen LogP contribution in [-0.4, -0.2) is 18.7 Å². The van der Waals surface area contributed by atoms with Gasteiger partial charge in [-0.3, -0.25) is 4.79 Å². The molecule has 0 bridgehead atoms. The number of carbonyl (C=O) groups excluding carboxylic acids is 1. The zero-order valence-electron chi connectivity index (χ0n) is 11.3. The van der Waals surface area contributed by atoms with Crippen molar-refractivity contribution >= 4 is 5.91 Å². The van der Waals surface area contributed by atoms with Crippen LogP contribution in [0.2, 0.25) is 0 Å². The average Bonchev–Trinajstić information content (AvgIpc) is 2.90. The Bertz CT molecular complexity index is 462. The van der Waals surface area contributed by atoms with Crippen LogP contribution in [0, 0.1) is 5.92 Å². The van der Waals surface area contributed by atoms with Gasteiger partial charge in [-0.2, -0.15) is 0 Å². The third-order valence-corrected chi connectivity index (χ3v) is 3.46. The summed E-state index contributed by atoms with van der Waals surface area (Å²) in [7, 11) is 0. The van der Waals surface area contributed by atoms with Gasteiger partial charge in [0.05, 0.1) is 6.04 Å². The second-order valence-electron chi connectivity index (χ2n) is 4.82. The Balaban J connectivity index is 1.90. The average molecular weight is 264 g/mol. The molecule has 5 heteroatoms.